The molecule has 1 N–H and O–H groups in total. The van der Waals surface area contributed by atoms with E-state index in [1.54, 1.807) is 19.1 Å². The van der Waals surface area contributed by atoms with E-state index in [1.165, 1.54) is 37.2 Å². The molecule has 0 radical (unpaired) electrons. The lowest BCUT2D eigenvalue weighted by Crippen LogP contribution is -2.52. The third kappa shape index (κ3) is 7.74. The van der Waals surface area contributed by atoms with Crippen molar-refractivity contribution < 1.29 is 22.4 Å². The van der Waals surface area contributed by atoms with Crippen molar-refractivity contribution >= 4 is 43.6 Å². The Morgan fingerprint density at radius 1 is 1.03 bits per heavy atom. The number of anilines is 1. The number of nitrogens with one attached hydrogen (secondary N) is 1. The largest absolute Gasteiger partial charge is 0.354 e. The molecule has 8 nitrogen and oxygen atoms in total. The van der Waals surface area contributed by atoms with Crippen LogP contribution < -0.4 is 9.62 Å². The van der Waals surface area contributed by atoms with Crippen molar-refractivity contribution in [3.63, 3.8) is 0 Å². The lowest BCUT2D eigenvalue weighted by atomic mass is 10.1. The monoisotopic (exact) mass is 570 g/mol. The topological polar surface area (TPSA) is 90.0 Å². The van der Waals surface area contributed by atoms with Gasteiger partial charge < -0.3 is 10.2 Å². The minimum absolute atomic E-state index is 0.0650. The minimum Gasteiger partial charge on any atom is -0.354 e. The lowest BCUT2D eigenvalue weighted by molar-refractivity contribution is -0.139. The van der Waals surface area contributed by atoms with Gasteiger partial charge in [-0.2, -0.15) is 12.7 Å². The van der Waals surface area contributed by atoms with Crippen molar-refractivity contribution in [2.45, 2.75) is 33.4 Å². The fourth-order valence-corrected chi connectivity index (χ4v) is 4.51. The standard InChI is InChI=1S/C24H32BrFN4O4S/c1-17(2)14-27-24(32)18(3)29(15-19-10-12-20(25)13-11-19)23(31)16-30(35(33,34)28(4)5)22-9-7-6-8-21(22)26/h6-13,17-18H,14-16H2,1-5H3,(H,27,32)/t18-/m0/s1. The molecule has 192 valence electrons. The zero-order valence-corrected chi connectivity index (χ0v) is 22.9. The zero-order chi connectivity index (χ0) is 26.3. The van der Waals surface area contributed by atoms with E-state index in [0.717, 1.165) is 24.7 Å². The van der Waals surface area contributed by atoms with Gasteiger partial charge in [-0.05, 0) is 42.7 Å². The summed E-state index contributed by atoms with van der Waals surface area (Å²) in [5, 5.41) is 2.81. The van der Waals surface area contributed by atoms with Crippen molar-refractivity contribution in [3.8, 4) is 0 Å². The number of halogens is 2. The fourth-order valence-electron chi connectivity index (χ4n) is 3.18. The van der Waals surface area contributed by atoms with Crippen LogP contribution >= 0.6 is 15.9 Å². The molecule has 0 saturated carbocycles. The van der Waals surface area contributed by atoms with Gasteiger partial charge in [-0.25, -0.2) is 8.70 Å². The fraction of sp³-hybridized carbons (Fsp3) is 0.417. The number of nitrogens with zero attached hydrogens (tertiary/aromatic N) is 3. The summed E-state index contributed by atoms with van der Waals surface area (Å²) in [4.78, 5) is 27.7. The summed E-state index contributed by atoms with van der Waals surface area (Å²) in [5.74, 6) is -1.58. The molecular weight excluding hydrogens is 539 g/mol. The second-order valence-corrected chi connectivity index (χ2v) is 11.7. The van der Waals surface area contributed by atoms with Crippen molar-refractivity contribution in [1.82, 2.24) is 14.5 Å². The number of rotatable bonds is 11. The maximum absolute atomic E-state index is 14.6. The van der Waals surface area contributed by atoms with Crippen LogP contribution in [0.25, 0.3) is 0 Å². The molecule has 0 unspecified atom stereocenters. The number of para-hydroxylation sites is 1. The summed E-state index contributed by atoms with van der Waals surface area (Å²) < 4.78 is 43.2. The molecule has 0 aliphatic carbocycles. The Bertz CT molecular complexity index is 1130. The predicted molar refractivity (Wildman–Crippen MR) is 138 cm³/mol. The number of benzene rings is 2. The van der Waals surface area contributed by atoms with E-state index in [4.69, 9.17) is 0 Å². The van der Waals surface area contributed by atoms with Crippen LogP contribution in [0.15, 0.2) is 53.0 Å². The van der Waals surface area contributed by atoms with Gasteiger partial charge in [0.2, 0.25) is 11.8 Å². The normalized spacial score (nSPS) is 12.5. The quantitative estimate of drug-likeness (QED) is 0.448. The predicted octanol–water partition coefficient (Wildman–Crippen LogP) is 3.39. The highest BCUT2D eigenvalue weighted by Gasteiger charge is 2.33. The summed E-state index contributed by atoms with van der Waals surface area (Å²) in [5.41, 5.74) is 0.494. The molecule has 0 heterocycles. The highest BCUT2D eigenvalue weighted by molar-refractivity contribution is 9.10. The van der Waals surface area contributed by atoms with Crippen molar-refractivity contribution in [1.29, 1.82) is 0 Å². The van der Waals surface area contributed by atoms with E-state index in [-0.39, 0.29) is 24.1 Å². The number of carbonyl (C=O) groups is 2. The first-order valence-electron chi connectivity index (χ1n) is 11.1. The molecule has 2 aromatic rings. The molecule has 11 heteroatoms. The smallest absolute Gasteiger partial charge is 0.304 e. The Kier molecular flexibility index (Phi) is 10.2. The second kappa shape index (κ2) is 12.5. The molecule has 0 spiro atoms. The Morgan fingerprint density at radius 3 is 2.17 bits per heavy atom. The van der Waals surface area contributed by atoms with Crippen LogP contribution in [0.2, 0.25) is 0 Å². The molecule has 2 rings (SSSR count). The molecule has 0 aliphatic heterocycles. The third-order valence-electron chi connectivity index (χ3n) is 5.26. The van der Waals surface area contributed by atoms with Crippen LogP contribution in [0.3, 0.4) is 0 Å². The van der Waals surface area contributed by atoms with Crippen LogP contribution in [0.1, 0.15) is 26.3 Å². The number of carbonyl (C=O) groups excluding carboxylic acids is 2. The molecule has 2 amide bonds. The maximum atomic E-state index is 14.6. The molecule has 0 fully saturated rings. The van der Waals surface area contributed by atoms with E-state index < -0.39 is 34.5 Å². The molecule has 1 atom stereocenters. The molecule has 2 aromatic carbocycles. The number of hydrogen-bond acceptors (Lipinski definition) is 4. The first-order chi connectivity index (χ1) is 16.3. The SMILES string of the molecule is CC(C)CNC(=O)[C@H](C)N(Cc1ccc(Br)cc1)C(=O)CN(c1ccccc1F)S(=O)(=O)N(C)C. The molecule has 0 saturated heterocycles. The molecule has 35 heavy (non-hydrogen) atoms. The Morgan fingerprint density at radius 2 is 1.63 bits per heavy atom. The highest BCUT2D eigenvalue weighted by atomic mass is 79.9. The highest BCUT2D eigenvalue weighted by Crippen LogP contribution is 2.24. The summed E-state index contributed by atoms with van der Waals surface area (Å²) in [6.07, 6.45) is 0. The van der Waals surface area contributed by atoms with Gasteiger partial charge >= 0.3 is 10.2 Å². The zero-order valence-electron chi connectivity index (χ0n) is 20.5. The van der Waals surface area contributed by atoms with E-state index in [0.29, 0.717) is 6.54 Å². The molecule has 0 aromatic heterocycles. The first-order valence-corrected chi connectivity index (χ1v) is 13.3. The van der Waals surface area contributed by atoms with Gasteiger partial charge in [0, 0.05) is 31.7 Å². The lowest BCUT2D eigenvalue weighted by Gasteiger charge is -2.33. The summed E-state index contributed by atoms with van der Waals surface area (Å²) in [6, 6.07) is 11.7. The minimum atomic E-state index is -4.22. The summed E-state index contributed by atoms with van der Waals surface area (Å²) >= 11 is 3.37. The van der Waals surface area contributed by atoms with E-state index >= 15 is 0 Å². The average molecular weight is 572 g/mol. The van der Waals surface area contributed by atoms with Crippen molar-refractivity contribution in [2.24, 2.45) is 5.92 Å². The molecule has 0 bridgehead atoms. The van der Waals surface area contributed by atoms with Gasteiger partial charge in [0.1, 0.15) is 18.4 Å². The van der Waals surface area contributed by atoms with E-state index in [1.807, 2.05) is 26.0 Å². The van der Waals surface area contributed by atoms with Gasteiger partial charge in [-0.1, -0.05) is 54.0 Å². The van der Waals surface area contributed by atoms with Crippen molar-refractivity contribution in [2.75, 3.05) is 31.5 Å². The van der Waals surface area contributed by atoms with Crippen LogP contribution in [0.5, 0.6) is 0 Å². The van der Waals surface area contributed by atoms with Crippen molar-refractivity contribution in [3.05, 3.63) is 64.4 Å². The van der Waals surface area contributed by atoms with Gasteiger partial charge in [0.15, 0.2) is 0 Å². The van der Waals surface area contributed by atoms with E-state index in [9.17, 15) is 22.4 Å². The van der Waals surface area contributed by atoms with Gasteiger partial charge in [0.25, 0.3) is 0 Å². The average Bonchev–Trinajstić information content (AvgIpc) is 2.80. The first kappa shape index (κ1) is 28.7. The Labute approximate surface area is 215 Å². The Hall–Kier alpha value is -2.50. The van der Waals surface area contributed by atoms with Gasteiger partial charge in [-0.3, -0.25) is 9.59 Å². The molecular formula is C24H32BrFN4O4S. The van der Waals surface area contributed by atoms with Crippen LogP contribution in [-0.4, -0.2) is 62.7 Å². The third-order valence-corrected chi connectivity index (χ3v) is 7.59. The second-order valence-electron chi connectivity index (χ2n) is 8.71. The van der Waals surface area contributed by atoms with Crippen LogP contribution in [-0.2, 0) is 26.3 Å². The van der Waals surface area contributed by atoms with E-state index in [2.05, 4.69) is 21.2 Å². The van der Waals surface area contributed by atoms with Gasteiger partial charge in [-0.15, -0.1) is 0 Å². The molecule has 0 aliphatic rings. The summed E-state index contributed by atoms with van der Waals surface area (Å²) in [7, 11) is -1.61. The number of amides is 2. The maximum Gasteiger partial charge on any atom is 0.304 e. The van der Waals surface area contributed by atoms with Crippen LogP contribution in [0.4, 0.5) is 10.1 Å². The van der Waals surface area contributed by atoms with Crippen LogP contribution in [0, 0.1) is 11.7 Å². The summed E-state index contributed by atoms with van der Waals surface area (Å²) in [6.45, 7) is 5.30. The number of hydrogen-bond donors (Lipinski definition) is 1. The van der Waals surface area contributed by atoms with Gasteiger partial charge in [0.05, 0.1) is 5.69 Å². The Balaban J connectivity index is 2.44.